The van der Waals surface area contributed by atoms with Gasteiger partial charge in [0, 0.05) is 19.0 Å². The van der Waals surface area contributed by atoms with Crippen LogP contribution in [-0.2, 0) is 16.3 Å². The minimum atomic E-state index is -3.46. The highest BCUT2D eigenvalue weighted by atomic mass is 32.2. The molecule has 1 heterocycles. The van der Waals surface area contributed by atoms with Crippen molar-refractivity contribution in [3.05, 3.63) is 59.7 Å². The van der Waals surface area contributed by atoms with Crippen LogP contribution in [0, 0.1) is 0 Å². The lowest BCUT2D eigenvalue weighted by Gasteiger charge is -2.26. The SMILES string of the molecule is O=S(=O)(c1ccccc1)c1ccc2c(c1)CCCC2CNC1=NCCN1. The topological polar surface area (TPSA) is 70.6 Å². The molecule has 0 spiro atoms. The van der Waals surface area contributed by atoms with Crippen LogP contribution in [0.15, 0.2) is 63.3 Å². The van der Waals surface area contributed by atoms with Crippen LogP contribution in [0.2, 0.25) is 0 Å². The van der Waals surface area contributed by atoms with E-state index in [-0.39, 0.29) is 0 Å². The second kappa shape index (κ2) is 7.11. The Labute approximate surface area is 154 Å². The van der Waals surface area contributed by atoms with Gasteiger partial charge >= 0.3 is 0 Å². The molecular formula is C20H23N3O2S. The van der Waals surface area contributed by atoms with Gasteiger partial charge in [-0.25, -0.2) is 8.42 Å². The minimum Gasteiger partial charge on any atom is -0.356 e. The Bertz CT molecular complexity index is 923. The lowest BCUT2D eigenvalue weighted by molar-refractivity contribution is 0.539. The second-order valence-corrected chi connectivity index (χ2v) is 8.75. The number of nitrogens with one attached hydrogen (secondary N) is 2. The summed E-state index contributed by atoms with van der Waals surface area (Å²) in [6.07, 6.45) is 3.12. The third-order valence-electron chi connectivity index (χ3n) is 5.11. The molecule has 2 aromatic carbocycles. The van der Waals surface area contributed by atoms with E-state index in [4.69, 9.17) is 0 Å². The maximum Gasteiger partial charge on any atom is 0.206 e. The number of guanidine groups is 1. The van der Waals surface area contributed by atoms with Gasteiger partial charge < -0.3 is 10.6 Å². The van der Waals surface area contributed by atoms with Gasteiger partial charge in [0.2, 0.25) is 9.84 Å². The normalized spacial score (nSPS) is 19.4. The summed E-state index contributed by atoms with van der Waals surface area (Å²) >= 11 is 0. The molecule has 6 heteroatoms. The zero-order valence-corrected chi connectivity index (χ0v) is 15.4. The lowest BCUT2D eigenvalue weighted by Crippen LogP contribution is -2.37. The van der Waals surface area contributed by atoms with Crippen molar-refractivity contribution >= 4 is 15.8 Å². The molecular weight excluding hydrogens is 346 g/mol. The first-order valence-corrected chi connectivity index (χ1v) is 10.6. The molecule has 2 aliphatic rings. The molecule has 5 nitrogen and oxygen atoms in total. The van der Waals surface area contributed by atoms with Gasteiger partial charge in [0.1, 0.15) is 0 Å². The molecule has 4 rings (SSSR count). The summed E-state index contributed by atoms with van der Waals surface area (Å²) in [7, 11) is -3.46. The van der Waals surface area contributed by atoms with Gasteiger partial charge in [0.05, 0.1) is 16.3 Å². The zero-order valence-electron chi connectivity index (χ0n) is 14.6. The Kier molecular flexibility index (Phi) is 4.68. The Hall–Kier alpha value is -2.34. The lowest BCUT2D eigenvalue weighted by atomic mass is 9.83. The number of sulfone groups is 1. The molecule has 0 saturated carbocycles. The van der Waals surface area contributed by atoms with Crippen LogP contribution >= 0.6 is 0 Å². The number of aliphatic imine (C=N–C) groups is 1. The van der Waals surface area contributed by atoms with Crippen LogP contribution in [0.3, 0.4) is 0 Å². The number of fused-ring (bicyclic) bond motifs is 1. The first-order chi connectivity index (χ1) is 12.6. The summed E-state index contributed by atoms with van der Waals surface area (Å²) < 4.78 is 25.7. The number of hydrogen-bond acceptors (Lipinski definition) is 5. The van der Waals surface area contributed by atoms with Crippen molar-refractivity contribution in [2.45, 2.75) is 35.0 Å². The van der Waals surface area contributed by atoms with Crippen LogP contribution in [-0.4, -0.2) is 34.0 Å². The number of hydrogen-bond donors (Lipinski definition) is 2. The first-order valence-electron chi connectivity index (χ1n) is 9.10. The largest absolute Gasteiger partial charge is 0.356 e. The van der Waals surface area contributed by atoms with Gasteiger partial charge in [0.25, 0.3) is 0 Å². The average molecular weight is 369 g/mol. The van der Waals surface area contributed by atoms with E-state index < -0.39 is 9.84 Å². The predicted molar refractivity (Wildman–Crippen MR) is 102 cm³/mol. The van der Waals surface area contributed by atoms with Gasteiger partial charge in [-0.15, -0.1) is 0 Å². The van der Waals surface area contributed by atoms with Crippen LogP contribution in [0.25, 0.3) is 0 Å². The molecule has 2 aromatic rings. The fourth-order valence-corrected chi connectivity index (χ4v) is 5.07. The average Bonchev–Trinajstić information content (AvgIpc) is 3.20. The standard InChI is InChI=1S/C20H23N3O2S/c24-26(25,17-7-2-1-3-8-17)18-9-10-19-15(13-18)5-4-6-16(19)14-23-20-21-11-12-22-20/h1-3,7-10,13,16H,4-6,11-12,14H2,(H2,21,22,23). The van der Waals surface area contributed by atoms with Gasteiger partial charge in [-0.2, -0.15) is 0 Å². The smallest absolute Gasteiger partial charge is 0.206 e. The molecule has 1 aliphatic carbocycles. The number of nitrogens with zero attached hydrogens (tertiary/aromatic N) is 1. The van der Waals surface area contributed by atoms with E-state index in [0.717, 1.165) is 50.4 Å². The molecule has 0 aromatic heterocycles. The highest BCUT2D eigenvalue weighted by Crippen LogP contribution is 2.33. The Balaban J connectivity index is 1.58. The fraction of sp³-hybridized carbons (Fsp3) is 0.350. The van der Waals surface area contributed by atoms with Crippen LogP contribution < -0.4 is 10.6 Å². The summed E-state index contributed by atoms with van der Waals surface area (Å²) in [5.41, 5.74) is 2.41. The Morgan fingerprint density at radius 2 is 1.96 bits per heavy atom. The molecule has 0 bridgehead atoms. The Morgan fingerprint density at radius 3 is 2.73 bits per heavy atom. The van der Waals surface area contributed by atoms with E-state index in [0.29, 0.717) is 15.7 Å². The van der Waals surface area contributed by atoms with Gasteiger partial charge in [0.15, 0.2) is 5.96 Å². The third kappa shape index (κ3) is 3.33. The molecule has 26 heavy (non-hydrogen) atoms. The summed E-state index contributed by atoms with van der Waals surface area (Å²) in [6.45, 7) is 2.54. The fourth-order valence-electron chi connectivity index (χ4n) is 3.74. The Morgan fingerprint density at radius 1 is 1.12 bits per heavy atom. The van der Waals surface area contributed by atoms with Crippen molar-refractivity contribution in [3.8, 4) is 0 Å². The second-order valence-electron chi connectivity index (χ2n) is 6.80. The van der Waals surface area contributed by atoms with E-state index in [9.17, 15) is 8.42 Å². The van der Waals surface area contributed by atoms with Crippen molar-refractivity contribution in [2.75, 3.05) is 19.6 Å². The van der Waals surface area contributed by atoms with Gasteiger partial charge in [-0.05, 0) is 54.7 Å². The summed E-state index contributed by atoms with van der Waals surface area (Å²) in [5, 5.41) is 6.61. The van der Waals surface area contributed by atoms with Crippen molar-refractivity contribution in [2.24, 2.45) is 4.99 Å². The van der Waals surface area contributed by atoms with E-state index in [2.05, 4.69) is 15.6 Å². The maximum absolute atomic E-state index is 12.9. The van der Waals surface area contributed by atoms with Crippen molar-refractivity contribution in [1.29, 1.82) is 0 Å². The zero-order chi connectivity index (χ0) is 18.0. The van der Waals surface area contributed by atoms with E-state index in [1.807, 2.05) is 18.2 Å². The summed E-state index contributed by atoms with van der Waals surface area (Å²) in [6, 6.07) is 14.3. The highest BCUT2D eigenvalue weighted by Gasteiger charge is 2.24. The quantitative estimate of drug-likeness (QED) is 0.869. The predicted octanol–water partition coefficient (Wildman–Crippen LogP) is 2.49. The van der Waals surface area contributed by atoms with Crippen molar-refractivity contribution in [3.63, 3.8) is 0 Å². The van der Waals surface area contributed by atoms with Crippen molar-refractivity contribution in [1.82, 2.24) is 10.6 Å². The van der Waals surface area contributed by atoms with E-state index in [1.165, 1.54) is 5.56 Å². The van der Waals surface area contributed by atoms with Crippen molar-refractivity contribution < 1.29 is 8.42 Å². The molecule has 1 unspecified atom stereocenters. The minimum absolute atomic E-state index is 0.347. The van der Waals surface area contributed by atoms with Gasteiger partial charge in [-0.3, -0.25) is 4.99 Å². The van der Waals surface area contributed by atoms with Crippen LogP contribution in [0.1, 0.15) is 29.9 Å². The molecule has 1 atom stereocenters. The monoisotopic (exact) mass is 369 g/mol. The van der Waals surface area contributed by atoms with Gasteiger partial charge in [-0.1, -0.05) is 24.3 Å². The maximum atomic E-state index is 12.9. The molecule has 0 amide bonds. The first kappa shape index (κ1) is 17.1. The molecule has 2 N–H and O–H groups in total. The summed E-state index contributed by atoms with van der Waals surface area (Å²) in [4.78, 5) is 5.10. The highest BCUT2D eigenvalue weighted by molar-refractivity contribution is 7.91. The number of benzene rings is 2. The molecule has 0 fully saturated rings. The molecule has 1 aliphatic heterocycles. The summed E-state index contributed by atoms with van der Waals surface area (Å²) in [5.74, 6) is 1.26. The van der Waals surface area contributed by atoms with Crippen LogP contribution in [0.4, 0.5) is 0 Å². The van der Waals surface area contributed by atoms with E-state index in [1.54, 1.807) is 30.3 Å². The molecule has 0 saturated heterocycles. The number of rotatable bonds is 4. The third-order valence-corrected chi connectivity index (χ3v) is 6.87. The molecule has 0 radical (unpaired) electrons. The number of aryl methyl sites for hydroxylation is 1. The molecule has 136 valence electrons. The van der Waals surface area contributed by atoms with E-state index >= 15 is 0 Å². The van der Waals surface area contributed by atoms with Crippen LogP contribution in [0.5, 0.6) is 0 Å².